The molecule has 8 bridgehead atoms. The van der Waals surface area contributed by atoms with Crippen LogP contribution in [-0.2, 0) is 78.7 Å². The second-order valence-corrected chi connectivity index (χ2v) is 38.2. The Kier molecular flexibility index (Phi) is 18.2. The lowest BCUT2D eigenvalue weighted by Gasteiger charge is -2.13. The van der Waals surface area contributed by atoms with Crippen LogP contribution in [-0.4, -0.2) is 153 Å². The van der Waals surface area contributed by atoms with Crippen LogP contribution < -0.4 is 0 Å². The third-order valence-electron chi connectivity index (χ3n) is 14.6. The van der Waals surface area contributed by atoms with Gasteiger partial charge in [-0.3, -0.25) is 0 Å². The fourth-order valence-electron chi connectivity index (χ4n) is 10.8. The molecule has 2 aliphatic rings. The van der Waals surface area contributed by atoms with Crippen LogP contribution in [0.3, 0.4) is 0 Å². The van der Waals surface area contributed by atoms with Crippen molar-refractivity contribution in [2.24, 2.45) is 0 Å². The molecule has 2 aliphatic heterocycles. The molecular formula is C56H66N8O16S8. The molecule has 3 aromatic heterocycles. The number of hydrogen-bond donors (Lipinski definition) is 2. The number of aromatic amines is 2. The molecule has 24 nitrogen and oxygen atoms in total. The van der Waals surface area contributed by atoms with E-state index in [1.165, 1.54) is 0 Å². The summed E-state index contributed by atoms with van der Waals surface area (Å²) in [6.07, 6.45) is 0.555. The summed E-state index contributed by atoms with van der Waals surface area (Å²) >= 11 is 0. The molecule has 0 radical (unpaired) electrons. The SMILES string of the molecule is CCCS(=O)(=O)c1cc2c(cc1S(=O)(=O)CCC)-c1nc-2nc2[nH]c(nc3nc(nc4[nH]c(n1)c1cc(S(=O)(=O)CCC)c(S(=O)(=O)CCC)cc41)-c1cc(S(=O)(=O)CCC)c(S(=O)(=O)CCC)cc1-3)c1cc(S(=O)(=O)CCC)c(S(=O)(=O)CCC)cc21. The third-order valence-corrected chi connectivity index (χ3v) is 30.7. The Balaban J connectivity index is 1.61. The number of benzene rings is 4. The van der Waals surface area contributed by atoms with Crippen molar-refractivity contribution in [1.29, 1.82) is 0 Å². The second-order valence-electron chi connectivity index (χ2n) is 21.5. The van der Waals surface area contributed by atoms with Gasteiger partial charge in [0.15, 0.2) is 102 Å². The lowest BCUT2D eigenvalue weighted by atomic mass is 10.1. The van der Waals surface area contributed by atoms with E-state index in [9.17, 15) is 67.3 Å². The summed E-state index contributed by atoms with van der Waals surface area (Å²) < 4.78 is 229. The topological polar surface area (TPSA) is 382 Å². The molecule has 0 atom stereocenters. The Hall–Kier alpha value is -6.16. The number of aromatic nitrogens is 8. The van der Waals surface area contributed by atoms with E-state index < -0.39 is 164 Å². The van der Waals surface area contributed by atoms with E-state index in [0.29, 0.717) is 0 Å². The zero-order valence-electron chi connectivity index (χ0n) is 49.4. The van der Waals surface area contributed by atoms with E-state index in [2.05, 4.69) is 9.97 Å². The van der Waals surface area contributed by atoms with Gasteiger partial charge in [-0.05, 0) is 99.9 Å². The molecule has 0 spiro atoms. The van der Waals surface area contributed by atoms with Gasteiger partial charge in [-0.15, -0.1) is 0 Å². The molecular weight excluding hydrogens is 1300 g/mol. The van der Waals surface area contributed by atoms with Crippen LogP contribution in [0.25, 0.3) is 89.7 Å². The number of H-pyrrole nitrogens is 2. The average Bonchev–Trinajstić information content (AvgIpc) is 1.60. The molecule has 474 valence electrons. The summed E-state index contributed by atoms with van der Waals surface area (Å²) in [4.78, 5) is 30.3. The predicted molar refractivity (Wildman–Crippen MR) is 335 cm³/mol. The molecule has 0 saturated carbocycles. The lowest BCUT2D eigenvalue weighted by Crippen LogP contribution is -2.15. The van der Waals surface area contributed by atoms with Crippen molar-refractivity contribution in [1.82, 2.24) is 39.9 Å². The standard InChI is InChI=1S/C56H66N8O16S8/c1-9-17-81(65,66)41-25-33-34(26-42(41)82(67,68)18-10-2)50-57-49(33)61-51-35-27-43(83(69,70)19-11-3)44(84(71,72)20-12-4)28-36(35)53(58-51)63-55-39-31-47(87(77,78)23-15-7)48(88(79,80)24-16-8)32-40(39)56(60-55)64-54-38-30-46(86(75,76)22-14-6)45(85(73,74)21-13-5)29-37(38)52(59-54)62-50/h25-32H,9-24H2,1-8H3,(H2,57,58,59,60,61,62,63,64). The number of hydrogen-bond acceptors (Lipinski definition) is 22. The maximum atomic E-state index is 14.3. The highest BCUT2D eigenvalue weighted by Crippen LogP contribution is 2.44. The Morgan fingerprint density at radius 1 is 0.239 bits per heavy atom. The van der Waals surface area contributed by atoms with Gasteiger partial charge in [-0.2, -0.15) is 0 Å². The highest BCUT2D eigenvalue weighted by Gasteiger charge is 2.36. The van der Waals surface area contributed by atoms with Crippen LogP contribution >= 0.6 is 0 Å². The maximum Gasteiger partial charge on any atom is 0.179 e. The largest absolute Gasteiger partial charge is 0.324 e. The van der Waals surface area contributed by atoms with Crippen molar-refractivity contribution in [3.05, 3.63) is 48.5 Å². The minimum atomic E-state index is -4.42. The highest BCUT2D eigenvalue weighted by molar-refractivity contribution is 7.96. The van der Waals surface area contributed by atoms with Crippen LogP contribution in [0.5, 0.6) is 0 Å². The van der Waals surface area contributed by atoms with Crippen molar-refractivity contribution in [3.8, 4) is 45.6 Å². The van der Waals surface area contributed by atoms with Crippen molar-refractivity contribution in [2.75, 3.05) is 46.0 Å². The van der Waals surface area contributed by atoms with Gasteiger partial charge < -0.3 is 9.97 Å². The van der Waals surface area contributed by atoms with Gasteiger partial charge in [-0.25, -0.2) is 97.2 Å². The zero-order valence-corrected chi connectivity index (χ0v) is 55.9. The minimum Gasteiger partial charge on any atom is -0.324 e. The average molecular weight is 1360 g/mol. The molecule has 0 saturated heterocycles. The van der Waals surface area contributed by atoms with Gasteiger partial charge in [0.1, 0.15) is 22.6 Å². The predicted octanol–water partition coefficient (Wildman–Crippen LogP) is 8.34. The van der Waals surface area contributed by atoms with Crippen molar-refractivity contribution < 1.29 is 67.3 Å². The molecule has 2 N–H and O–H groups in total. The first-order valence-electron chi connectivity index (χ1n) is 28.6. The molecule has 32 heteroatoms. The zero-order chi connectivity index (χ0) is 64.5. The van der Waals surface area contributed by atoms with E-state index in [-0.39, 0.29) is 141 Å². The van der Waals surface area contributed by atoms with Gasteiger partial charge >= 0.3 is 0 Å². The van der Waals surface area contributed by atoms with E-state index in [4.69, 9.17) is 29.9 Å². The normalized spacial score (nSPS) is 13.5. The Morgan fingerprint density at radius 3 is 0.534 bits per heavy atom. The molecule has 0 unspecified atom stereocenters. The Labute approximate surface area is 512 Å². The highest BCUT2D eigenvalue weighted by atomic mass is 32.2. The molecule has 0 amide bonds. The summed E-state index contributed by atoms with van der Waals surface area (Å²) in [6.45, 7) is 12.7. The van der Waals surface area contributed by atoms with Crippen molar-refractivity contribution in [3.63, 3.8) is 0 Å². The van der Waals surface area contributed by atoms with Gasteiger partial charge in [0, 0.05) is 43.8 Å². The molecule has 0 fully saturated rings. The fourth-order valence-corrected chi connectivity index (χ4v) is 25.2. The number of sulfone groups is 8. The monoisotopic (exact) mass is 1360 g/mol. The first-order chi connectivity index (χ1) is 41.2. The number of rotatable bonds is 24. The van der Waals surface area contributed by atoms with Gasteiger partial charge in [0.05, 0.1) is 85.2 Å². The fraction of sp³-hybridized carbons (Fsp3) is 0.429. The quantitative estimate of drug-likeness (QED) is 0.0573. The van der Waals surface area contributed by atoms with Crippen LogP contribution in [0.15, 0.2) is 87.7 Å². The summed E-state index contributed by atoms with van der Waals surface area (Å²) in [6, 6.07) is 8.71. The van der Waals surface area contributed by atoms with Gasteiger partial charge in [0.25, 0.3) is 0 Å². The lowest BCUT2D eigenvalue weighted by molar-refractivity contribution is 0.581. The molecule has 5 heterocycles. The molecule has 88 heavy (non-hydrogen) atoms. The molecule has 4 aromatic carbocycles. The molecule has 9 rings (SSSR count). The smallest absolute Gasteiger partial charge is 0.179 e. The summed E-state index contributed by atoms with van der Waals surface area (Å²) in [7, 11) is -35.4. The number of nitrogens with one attached hydrogen (secondary N) is 2. The van der Waals surface area contributed by atoms with E-state index in [0.717, 1.165) is 48.5 Å². The number of nitrogens with zero attached hydrogens (tertiary/aromatic N) is 6. The van der Waals surface area contributed by atoms with Crippen molar-refractivity contribution >= 4 is 123 Å². The van der Waals surface area contributed by atoms with E-state index >= 15 is 0 Å². The third kappa shape index (κ3) is 12.2. The maximum absolute atomic E-state index is 14.3. The second kappa shape index (κ2) is 24.2. The first-order valence-corrected chi connectivity index (χ1v) is 41.8. The summed E-state index contributed by atoms with van der Waals surface area (Å²) in [5.74, 6) is -5.43. The van der Waals surface area contributed by atoms with Crippen LogP contribution in [0.2, 0.25) is 0 Å². The number of fused-ring (bicyclic) bond motifs is 20. The molecule has 0 aliphatic carbocycles. The van der Waals surface area contributed by atoms with Crippen LogP contribution in [0, 0.1) is 0 Å². The van der Waals surface area contributed by atoms with E-state index in [1.54, 1.807) is 55.4 Å². The van der Waals surface area contributed by atoms with Crippen LogP contribution in [0.4, 0.5) is 0 Å². The van der Waals surface area contributed by atoms with Gasteiger partial charge in [-0.1, -0.05) is 55.4 Å². The van der Waals surface area contributed by atoms with E-state index in [1.807, 2.05) is 0 Å². The first kappa shape index (κ1) is 66.3. The van der Waals surface area contributed by atoms with Crippen LogP contribution in [0.1, 0.15) is 107 Å². The van der Waals surface area contributed by atoms with Gasteiger partial charge in [0.2, 0.25) is 0 Å². The Morgan fingerprint density at radius 2 is 0.386 bits per heavy atom. The Bertz CT molecular complexity index is 4580. The minimum absolute atomic E-state index is 0.0687. The summed E-state index contributed by atoms with van der Waals surface area (Å²) in [5.41, 5.74) is -1.62. The summed E-state index contributed by atoms with van der Waals surface area (Å²) in [5, 5.41) is -0.396. The molecule has 7 aromatic rings. The van der Waals surface area contributed by atoms with Crippen molar-refractivity contribution in [2.45, 2.75) is 146 Å².